The lowest BCUT2D eigenvalue weighted by atomic mass is 10.5. The van der Waals surface area contributed by atoms with Gasteiger partial charge in [-0.25, -0.2) is 0 Å². The summed E-state index contributed by atoms with van der Waals surface area (Å²) in [6.07, 6.45) is 0. The van der Waals surface area contributed by atoms with E-state index >= 15 is 0 Å². The molecule has 0 aliphatic rings. The Morgan fingerprint density at radius 1 is 0.700 bits per heavy atom. The molecular formula is C5H4N2O3. The van der Waals surface area contributed by atoms with Gasteiger partial charge in [0.15, 0.2) is 0 Å². The minimum atomic E-state index is -1.14. The quantitative estimate of drug-likeness (QED) is 0.398. The topological polar surface area (TPSA) is 103 Å². The molecule has 5 nitrogen and oxygen atoms in total. The molecule has 0 aliphatic carbocycles. The van der Waals surface area contributed by atoms with Gasteiger partial charge in [0.25, 0.3) is 16.3 Å². The van der Waals surface area contributed by atoms with Gasteiger partial charge in [0.1, 0.15) is 11.4 Å². The standard InChI is InChI=1S/C5H4N2O3/c6-1-2(7)4(9)5(10)3(1)8/h6-7H2. The molecule has 10 heavy (non-hydrogen) atoms. The lowest BCUT2D eigenvalue weighted by Gasteiger charge is -1.80. The normalized spacial score (nSPS) is 10.0. The Kier molecular flexibility index (Phi) is 1.08. The first-order valence-electron chi connectivity index (χ1n) is 2.44. The monoisotopic (exact) mass is 140 g/mol. The summed E-state index contributed by atoms with van der Waals surface area (Å²) in [5.74, 6) is 0. The van der Waals surface area contributed by atoms with Crippen LogP contribution in [0.1, 0.15) is 0 Å². The second kappa shape index (κ2) is 1.66. The highest BCUT2D eigenvalue weighted by Crippen LogP contribution is 1.96. The van der Waals surface area contributed by atoms with E-state index in [1.165, 1.54) is 0 Å². The Bertz CT molecular complexity index is 363. The van der Waals surface area contributed by atoms with E-state index in [2.05, 4.69) is 0 Å². The van der Waals surface area contributed by atoms with Gasteiger partial charge in [0.05, 0.1) is 0 Å². The number of hydrogen-bond donors (Lipinski definition) is 2. The molecule has 0 bridgehead atoms. The third kappa shape index (κ3) is 0.540. The highest BCUT2D eigenvalue weighted by Gasteiger charge is 2.12. The van der Waals surface area contributed by atoms with E-state index in [0.717, 1.165) is 0 Å². The zero-order valence-corrected chi connectivity index (χ0v) is 4.88. The molecule has 0 heterocycles. The van der Waals surface area contributed by atoms with Crippen LogP contribution in [0.5, 0.6) is 0 Å². The van der Waals surface area contributed by atoms with Crippen molar-refractivity contribution >= 4 is 11.4 Å². The minimum absolute atomic E-state index is 0.435. The largest absolute Gasteiger partial charge is 0.394 e. The molecule has 0 saturated heterocycles. The van der Waals surface area contributed by atoms with Crippen molar-refractivity contribution in [2.24, 2.45) is 0 Å². The predicted molar refractivity (Wildman–Crippen MR) is 36.4 cm³/mol. The molecule has 0 amide bonds. The van der Waals surface area contributed by atoms with Crippen LogP contribution in [0.25, 0.3) is 0 Å². The number of anilines is 2. The zero-order chi connectivity index (χ0) is 7.89. The van der Waals surface area contributed by atoms with Crippen molar-refractivity contribution in [1.29, 1.82) is 0 Å². The smallest absolute Gasteiger partial charge is 0.277 e. The van der Waals surface area contributed by atoms with Gasteiger partial charge >= 0.3 is 0 Å². The molecule has 4 N–H and O–H groups in total. The molecule has 0 unspecified atom stereocenters. The molecule has 0 aromatic heterocycles. The number of nitrogens with two attached hydrogens (primary N) is 2. The summed E-state index contributed by atoms with van der Waals surface area (Å²) in [4.78, 5) is 31.4. The fourth-order valence-corrected chi connectivity index (χ4v) is 0.592. The Labute approximate surface area is 54.6 Å². The molecule has 0 spiro atoms. The van der Waals surface area contributed by atoms with Crippen LogP contribution < -0.4 is 27.8 Å². The van der Waals surface area contributed by atoms with Crippen LogP contribution in [0.15, 0.2) is 14.4 Å². The Morgan fingerprint density at radius 3 is 1.10 bits per heavy atom. The maximum atomic E-state index is 10.5. The first-order chi connectivity index (χ1) is 4.55. The average Bonchev–Trinajstić information content (AvgIpc) is 2.07. The molecule has 1 aromatic carbocycles. The third-order valence-corrected chi connectivity index (χ3v) is 1.19. The van der Waals surface area contributed by atoms with E-state index in [1.54, 1.807) is 0 Å². The summed E-state index contributed by atoms with van der Waals surface area (Å²) >= 11 is 0. The summed E-state index contributed by atoms with van der Waals surface area (Å²) in [5.41, 5.74) is 5.92. The van der Waals surface area contributed by atoms with Gasteiger partial charge in [0, 0.05) is 0 Å². The summed E-state index contributed by atoms with van der Waals surface area (Å²) in [6, 6.07) is 0. The molecule has 5 heteroatoms. The fourth-order valence-electron chi connectivity index (χ4n) is 0.592. The van der Waals surface area contributed by atoms with Crippen LogP contribution in [0.3, 0.4) is 0 Å². The molecule has 52 valence electrons. The highest BCUT2D eigenvalue weighted by molar-refractivity contribution is 5.63. The van der Waals surface area contributed by atoms with E-state index in [1.807, 2.05) is 0 Å². The molecule has 1 aromatic rings. The molecule has 0 atom stereocenters. The zero-order valence-electron chi connectivity index (χ0n) is 4.88. The Hall–Kier alpha value is -1.65. The second-order valence-electron chi connectivity index (χ2n) is 1.81. The minimum Gasteiger partial charge on any atom is -0.394 e. The maximum Gasteiger partial charge on any atom is 0.277 e. The molecule has 0 aliphatic heterocycles. The Morgan fingerprint density at radius 2 is 1.00 bits per heavy atom. The number of rotatable bonds is 0. The molecule has 0 radical (unpaired) electrons. The van der Waals surface area contributed by atoms with Crippen molar-refractivity contribution < 1.29 is 0 Å². The van der Waals surface area contributed by atoms with Gasteiger partial charge in [-0.3, -0.25) is 14.4 Å². The molecule has 1 rings (SSSR count). The van der Waals surface area contributed by atoms with E-state index < -0.39 is 27.7 Å². The molecule has 0 fully saturated rings. The third-order valence-electron chi connectivity index (χ3n) is 1.19. The second-order valence-corrected chi connectivity index (χ2v) is 1.81. The highest BCUT2D eigenvalue weighted by atomic mass is 16.2. The maximum absolute atomic E-state index is 10.5. The SMILES string of the molecule is Nc1c(N)c(=O)c(=O)c1=O. The van der Waals surface area contributed by atoms with Gasteiger partial charge in [0.2, 0.25) is 0 Å². The molecular weight excluding hydrogens is 136 g/mol. The van der Waals surface area contributed by atoms with Crippen LogP contribution in [0, 0.1) is 0 Å². The fraction of sp³-hybridized carbons (Fsp3) is 0. The summed E-state index contributed by atoms with van der Waals surface area (Å²) in [6.45, 7) is 0. The van der Waals surface area contributed by atoms with Crippen LogP contribution in [0.4, 0.5) is 11.4 Å². The van der Waals surface area contributed by atoms with Crippen molar-refractivity contribution in [3.8, 4) is 0 Å². The van der Waals surface area contributed by atoms with E-state index in [0.29, 0.717) is 0 Å². The van der Waals surface area contributed by atoms with Crippen LogP contribution in [-0.2, 0) is 0 Å². The van der Waals surface area contributed by atoms with Gasteiger partial charge in [-0.1, -0.05) is 0 Å². The van der Waals surface area contributed by atoms with Crippen molar-refractivity contribution in [3.05, 3.63) is 30.7 Å². The number of hydrogen-bond acceptors (Lipinski definition) is 5. The van der Waals surface area contributed by atoms with Crippen LogP contribution in [0.2, 0.25) is 0 Å². The van der Waals surface area contributed by atoms with Gasteiger partial charge in [-0.05, 0) is 0 Å². The first kappa shape index (κ1) is 6.47. The van der Waals surface area contributed by atoms with Crippen molar-refractivity contribution in [3.63, 3.8) is 0 Å². The van der Waals surface area contributed by atoms with Gasteiger partial charge in [-0.15, -0.1) is 0 Å². The van der Waals surface area contributed by atoms with Crippen molar-refractivity contribution in [2.75, 3.05) is 11.5 Å². The van der Waals surface area contributed by atoms with Gasteiger partial charge < -0.3 is 11.5 Å². The lowest BCUT2D eigenvalue weighted by molar-refractivity contribution is 1.53. The Balaban J connectivity index is 3.97. The lowest BCUT2D eigenvalue weighted by Crippen LogP contribution is -2.30. The predicted octanol–water partition coefficient (Wildman–Crippen LogP) is -2.19. The van der Waals surface area contributed by atoms with E-state index in [4.69, 9.17) is 11.5 Å². The average molecular weight is 140 g/mol. The number of nitrogen functional groups attached to an aromatic ring is 2. The first-order valence-corrected chi connectivity index (χ1v) is 2.44. The van der Waals surface area contributed by atoms with Crippen molar-refractivity contribution in [1.82, 2.24) is 0 Å². The van der Waals surface area contributed by atoms with E-state index in [9.17, 15) is 14.4 Å². The molecule has 0 saturated carbocycles. The summed E-state index contributed by atoms with van der Waals surface area (Å²) in [5, 5.41) is 0. The summed E-state index contributed by atoms with van der Waals surface area (Å²) in [7, 11) is 0. The van der Waals surface area contributed by atoms with E-state index in [-0.39, 0.29) is 0 Å². The van der Waals surface area contributed by atoms with Crippen molar-refractivity contribution in [2.45, 2.75) is 0 Å². The van der Waals surface area contributed by atoms with Gasteiger partial charge in [-0.2, -0.15) is 0 Å². The van der Waals surface area contributed by atoms with Crippen LogP contribution in [-0.4, -0.2) is 0 Å². The van der Waals surface area contributed by atoms with Crippen LogP contribution >= 0.6 is 0 Å². The summed E-state index contributed by atoms with van der Waals surface area (Å²) < 4.78 is 0.